The summed E-state index contributed by atoms with van der Waals surface area (Å²) in [5.74, 6) is 0.376. The van der Waals surface area contributed by atoms with Gasteiger partial charge in [0, 0.05) is 6.54 Å². The number of aromatic amines is 1. The first-order chi connectivity index (χ1) is 10.6. The molecule has 2 aromatic rings. The number of nitrogens with zero attached hydrogens (tertiary/aromatic N) is 1. The number of H-pyrrole nitrogens is 1. The van der Waals surface area contributed by atoms with Crippen molar-refractivity contribution >= 4 is 11.9 Å². The van der Waals surface area contributed by atoms with Crippen LogP contribution in [0.15, 0.2) is 35.3 Å². The molecule has 7 heteroatoms. The largest absolute Gasteiger partial charge is 0.497 e. The van der Waals surface area contributed by atoms with E-state index < -0.39 is 11.5 Å². The third kappa shape index (κ3) is 3.85. The van der Waals surface area contributed by atoms with E-state index in [1.54, 1.807) is 14.0 Å². The van der Waals surface area contributed by atoms with Crippen molar-refractivity contribution in [3.05, 3.63) is 51.9 Å². The number of hydrogen-bond donors (Lipinski definition) is 2. The van der Waals surface area contributed by atoms with Crippen LogP contribution in [0.4, 0.5) is 5.95 Å². The standard InChI is InChI=1S/C15H17N3O4/c1-3-22-14(20)12-9-17-15(18-13(12)19)16-8-10-4-6-11(21-2)7-5-10/h4-7,9H,3,8H2,1-2H3,(H2,16,17,18,19). The maximum atomic E-state index is 11.8. The highest BCUT2D eigenvalue weighted by molar-refractivity contribution is 5.88. The molecule has 1 heterocycles. The van der Waals surface area contributed by atoms with Crippen LogP contribution >= 0.6 is 0 Å². The summed E-state index contributed by atoms with van der Waals surface area (Å²) in [7, 11) is 1.60. The number of aromatic nitrogens is 2. The summed E-state index contributed by atoms with van der Waals surface area (Å²) in [4.78, 5) is 29.8. The molecule has 0 aliphatic carbocycles. The molecule has 22 heavy (non-hydrogen) atoms. The van der Waals surface area contributed by atoms with Gasteiger partial charge in [0.1, 0.15) is 11.3 Å². The Bertz CT molecular complexity index is 695. The van der Waals surface area contributed by atoms with E-state index in [0.29, 0.717) is 6.54 Å². The Morgan fingerprint density at radius 3 is 2.64 bits per heavy atom. The molecule has 0 aliphatic heterocycles. The minimum Gasteiger partial charge on any atom is -0.497 e. The highest BCUT2D eigenvalue weighted by Gasteiger charge is 2.12. The molecule has 0 fully saturated rings. The number of benzene rings is 1. The van der Waals surface area contributed by atoms with Crippen molar-refractivity contribution in [1.82, 2.24) is 9.97 Å². The van der Waals surface area contributed by atoms with Crippen LogP contribution in [0.1, 0.15) is 22.8 Å². The zero-order chi connectivity index (χ0) is 15.9. The molecule has 0 amide bonds. The number of nitrogens with one attached hydrogen (secondary N) is 2. The van der Waals surface area contributed by atoms with E-state index in [1.165, 1.54) is 6.20 Å². The third-order valence-electron chi connectivity index (χ3n) is 2.91. The van der Waals surface area contributed by atoms with Crippen molar-refractivity contribution in [2.75, 3.05) is 19.0 Å². The highest BCUT2D eigenvalue weighted by atomic mass is 16.5. The van der Waals surface area contributed by atoms with Gasteiger partial charge in [-0.25, -0.2) is 9.78 Å². The van der Waals surface area contributed by atoms with Crippen molar-refractivity contribution in [2.24, 2.45) is 0 Å². The van der Waals surface area contributed by atoms with Gasteiger partial charge in [0.05, 0.1) is 19.9 Å². The van der Waals surface area contributed by atoms with Crippen LogP contribution in [-0.2, 0) is 11.3 Å². The van der Waals surface area contributed by atoms with E-state index in [0.717, 1.165) is 11.3 Å². The first-order valence-corrected chi connectivity index (χ1v) is 6.77. The molecule has 7 nitrogen and oxygen atoms in total. The van der Waals surface area contributed by atoms with E-state index in [-0.39, 0.29) is 18.1 Å². The fraction of sp³-hybridized carbons (Fsp3) is 0.267. The topological polar surface area (TPSA) is 93.3 Å². The number of carbonyl (C=O) groups is 1. The monoisotopic (exact) mass is 303 g/mol. The van der Waals surface area contributed by atoms with Crippen LogP contribution in [0.25, 0.3) is 0 Å². The van der Waals surface area contributed by atoms with Gasteiger partial charge < -0.3 is 14.8 Å². The molecule has 1 aromatic heterocycles. The quantitative estimate of drug-likeness (QED) is 0.787. The Morgan fingerprint density at radius 2 is 2.05 bits per heavy atom. The fourth-order valence-corrected chi connectivity index (χ4v) is 1.77. The van der Waals surface area contributed by atoms with Crippen LogP contribution in [0, 0.1) is 0 Å². The lowest BCUT2D eigenvalue weighted by molar-refractivity contribution is 0.0524. The Kier molecular flexibility index (Phi) is 5.13. The minimum atomic E-state index is -0.682. The average molecular weight is 303 g/mol. The second kappa shape index (κ2) is 7.26. The third-order valence-corrected chi connectivity index (χ3v) is 2.91. The second-order valence-corrected chi connectivity index (χ2v) is 4.40. The van der Waals surface area contributed by atoms with Crippen molar-refractivity contribution < 1.29 is 14.3 Å². The van der Waals surface area contributed by atoms with Crippen molar-refractivity contribution in [3.8, 4) is 5.75 Å². The molecular formula is C15H17N3O4. The van der Waals surface area contributed by atoms with Crippen molar-refractivity contribution in [1.29, 1.82) is 0 Å². The number of hydrogen-bond acceptors (Lipinski definition) is 6. The van der Waals surface area contributed by atoms with Gasteiger partial charge >= 0.3 is 5.97 Å². The molecule has 116 valence electrons. The molecule has 0 atom stereocenters. The summed E-state index contributed by atoms with van der Waals surface area (Å²) in [6.07, 6.45) is 1.20. The Morgan fingerprint density at radius 1 is 1.32 bits per heavy atom. The Balaban J connectivity index is 2.02. The average Bonchev–Trinajstić information content (AvgIpc) is 2.53. The van der Waals surface area contributed by atoms with E-state index in [1.807, 2.05) is 24.3 Å². The number of methoxy groups -OCH3 is 1. The number of rotatable bonds is 6. The number of carbonyl (C=O) groups excluding carboxylic acids is 1. The lowest BCUT2D eigenvalue weighted by Crippen LogP contribution is -2.22. The van der Waals surface area contributed by atoms with Crippen LogP contribution < -0.4 is 15.6 Å². The minimum absolute atomic E-state index is 0.114. The zero-order valence-corrected chi connectivity index (χ0v) is 12.4. The lowest BCUT2D eigenvalue weighted by Gasteiger charge is -2.07. The SMILES string of the molecule is CCOC(=O)c1cnc(NCc2ccc(OC)cc2)[nH]c1=O. The number of ether oxygens (including phenoxy) is 2. The van der Waals surface area contributed by atoms with Gasteiger partial charge in [-0.3, -0.25) is 9.78 Å². The van der Waals surface area contributed by atoms with Gasteiger partial charge in [-0.15, -0.1) is 0 Å². The van der Waals surface area contributed by atoms with E-state index in [4.69, 9.17) is 9.47 Å². The summed E-state index contributed by atoms with van der Waals surface area (Å²) >= 11 is 0. The van der Waals surface area contributed by atoms with Crippen LogP contribution in [0.2, 0.25) is 0 Å². The van der Waals surface area contributed by atoms with Gasteiger partial charge in [-0.1, -0.05) is 12.1 Å². The maximum absolute atomic E-state index is 11.8. The van der Waals surface area contributed by atoms with E-state index >= 15 is 0 Å². The van der Waals surface area contributed by atoms with Crippen LogP contribution in [0.3, 0.4) is 0 Å². The van der Waals surface area contributed by atoms with Gasteiger partial charge in [-0.2, -0.15) is 0 Å². The molecule has 0 aliphatic rings. The first kappa shape index (κ1) is 15.6. The number of esters is 1. The number of anilines is 1. The normalized spacial score (nSPS) is 10.1. The van der Waals surface area contributed by atoms with E-state index in [9.17, 15) is 9.59 Å². The predicted octanol–water partition coefficient (Wildman–Crippen LogP) is 1.57. The molecule has 0 saturated heterocycles. The smallest absolute Gasteiger partial charge is 0.345 e. The Labute approximate surface area is 127 Å². The molecule has 1 aromatic carbocycles. The summed E-state index contributed by atoms with van der Waals surface area (Å²) in [6, 6.07) is 7.49. The summed E-state index contributed by atoms with van der Waals surface area (Å²) in [5, 5.41) is 2.98. The molecule has 2 rings (SSSR count). The first-order valence-electron chi connectivity index (χ1n) is 6.77. The van der Waals surface area contributed by atoms with E-state index in [2.05, 4.69) is 15.3 Å². The molecular weight excluding hydrogens is 286 g/mol. The molecule has 0 spiro atoms. The van der Waals surface area contributed by atoms with Gasteiger partial charge in [0.15, 0.2) is 0 Å². The summed E-state index contributed by atoms with van der Waals surface area (Å²) in [5.41, 5.74) is 0.348. The summed E-state index contributed by atoms with van der Waals surface area (Å²) in [6.45, 7) is 2.35. The van der Waals surface area contributed by atoms with Crippen molar-refractivity contribution in [3.63, 3.8) is 0 Å². The zero-order valence-electron chi connectivity index (χ0n) is 12.4. The molecule has 0 unspecified atom stereocenters. The van der Waals surface area contributed by atoms with Crippen molar-refractivity contribution in [2.45, 2.75) is 13.5 Å². The van der Waals surface area contributed by atoms with Gasteiger partial charge in [0.25, 0.3) is 5.56 Å². The molecule has 0 saturated carbocycles. The molecule has 0 radical (unpaired) electrons. The lowest BCUT2D eigenvalue weighted by atomic mass is 10.2. The highest BCUT2D eigenvalue weighted by Crippen LogP contribution is 2.11. The van der Waals surface area contributed by atoms with Crippen LogP contribution in [-0.4, -0.2) is 29.7 Å². The second-order valence-electron chi connectivity index (χ2n) is 4.40. The van der Waals surface area contributed by atoms with Crippen LogP contribution in [0.5, 0.6) is 5.75 Å². The molecule has 0 bridgehead atoms. The Hall–Kier alpha value is -2.83. The van der Waals surface area contributed by atoms with Gasteiger partial charge in [-0.05, 0) is 24.6 Å². The molecule has 2 N–H and O–H groups in total. The van der Waals surface area contributed by atoms with Gasteiger partial charge in [0.2, 0.25) is 5.95 Å². The predicted molar refractivity (Wildman–Crippen MR) is 81.1 cm³/mol. The summed E-state index contributed by atoms with van der Waals surface area (Å²) < 4.78 is 9.85. The maximum Gasteiger partial charge on any atom is 0.345 e. The fourth-order valence-electron chi connectivity index (χ4n) is 1.77.